The molecule has 0 unspecified atom stereocenters. The molecule has 0 aliphatic rings. The Hall–Kier alpha value is -3.06. The van der Waals surface area contributed by atoms with Crippen molar-refractivity contribution in [2.24, 2.45) is 5.92 Å². The third-order valence-corrected chi connectivity index (χ3v) is 4.72. The second-order valence-electron chi connectivity index (χ2n) is 6.26. The van der Waals surface area contributed by atoms with Crippen molar-refractivity contribution in [2.75, 3.05) is 5.32 Å². The molecule has 6 nitrogen and oxygen atoms in total. The number of amides is 2. The molecule has 0 saturated carbocycles. The van der Waals surface area contributed by atoms with E-state index in [9.17, 15) is 9.59 Å². The van der Waals surface area contributed by atoms with Crippen molar-refractivity contribution < 1.29 is 9.59 Å². The lowest BCUT2D eigenvalue weighted by Crippen LogP contribution is -2.25. The number of rotatable bonds is 6. The van der Waals surface area contributed by atoms with E-state index in [0.717, 1.165) is 17.1 Å². The number of nitrogens with one attached hydrogen (secondary N) is 2. The molecule has 0 atom stereocenters. The molecule has 0 aliphatic carbocycles. The molecule has 0 saturated heterocycles. The van der Waals surface area contributed by atoms with Crippen molar-refractivity contribution in [1.29, 1.82) is 0 Å². The molecule has 0 aliphatic heterocycles. The fourth-order valence-electron chi connectivity index (χ4n) is 2.36. The Morgan fingerprint density at radius 3 is 2.48 bits per heavy atom. The summed E-state index contributed by atoms with van der Waals surface area (Å²) in [6, 6.07) is 15.1. The van der Waals surface area contributed by atoms with Gasteiger partial charge in [-0.25, -0.2) is 0 Å². The van der Waals surface area contributed by atoms with E-state index in [1.165, 1.54) is 0 Å². The van der Waals surface area contributed by atoms with Crippen molar-refractivity contribution >= 4 is 29.0 Å². The highest BCUT2D eigenvalue weighted by molar-refractivity contribution is 7.09. The topological polar surface area (TPSA) is 84.0 Å². The average Bonchev–Trinajstić information content (AvgIpc) is 3.11. The maximum Gasteiger partial charge on any atom is 0.265 e. The van der Waals surface area contributed by atoms with E-state index in [2.05, 4.69) is 20.0 Å². The zero-order valence-corrected chi connectivity index (χ0v) is 15.9. The maximum absolute atomic E-state index is 12.7. The molecule has 7 heteroatoms. The van der Waals surface area contributed by atoms with Crippen molar-refractivity contribution in [3.63, 3.8) is 0 Å². The molecule has 2 amide bonds. The number of pyridine rings is 1. The molecule has 2 aromatic heterocycles. The van der Waals surface area contributed by atoms with Gasteiger partial charge in [0, 0.05) is 18.7 Å². The molecular weight excluding hydrogens is 360 g/mol. The lowest BCUT2D eigenvalue weighted by molar-refractivity contribution is -0.118. The van der Waals surface area contributed by atoms with Crippen molar-refractivity contribution in [2.45, 2.75) is 20.4 Å². The Kier molecular flexibility index (Phi) is 5.93. The number of hydrogen-bond donors (Lipinski definition) is 2. The Balaban J connectivity index is 1.88. The first-order chi connectivity index (χ1) is 13.1. The first kappa shape index (κ1) is 18.7. The molecule has 0 radical (unpaired) electrons. The van der Waals surface area contributed by atoms with E-state index in [0.29, 0.717) is 28.5 Å². The summed E-state index contributed by atoms with van der Waals surface area (Å²) in [5.41, 5.74) is 2.51. The Morgan fingerprint density at radius 1 is 1.07 bits per heavy atom. The minimum atomic E-state index is -0.280. The van der Waals surface area contributed by atoms with Crippen LogP contribution in [0.15, 0.2) is 54.7 Å². The molecule has 0 fully saturated rings. The Labute approximate surface area is 161 Å². The Bertz CT molecular complexity index is 924. The lowest BCUT2D eigenvalue weighted by atomic mass is 10.1. The highest BCUT2D eigenvalue weighted by atomic mass is 32.1. The van der Waals surface area contributed by atoms with Gasteiger partial charge in [-0.15, -0.1) is 0 Å². The molecule has 0 spiro atoms. The van der Waals surface area contributed by atoms with Gasteiger partial charge in [-0.1, -0.05) is 50.2 Å². The fraction of sp³-hybridized carbons (Fsp3) is 0.200. The van der Waals surface area contributed by atoms with E-state index in [1.54, 1.807) is 32.2 Å². The van der Waals surface area contributed by atoms with Gasteiger partial charge < -0.3 is 10.6 Å². The molecule has 3 rings (SSSR count). The van der Waals surface area contributed by atoms with Crippen LogP contribution in [0.25, 0.3) is 11.4 Å². The van der Waals surface area contributed by atoms with Crippen LogP contribution in [-0.4, -0.2) is 21.2 Å². The maximum atomic E-state index is 12.7. The SMILES string of the molecule is CC(C)C(=O)Nc1c(-c2ccccn2)nsc1C(=O)NCc1ccccc1. The molecule has 0 bridgehead atoms. The van der Waals surface area contributed by atoms with Crippen LogP contribution in [-0.2, 0) is 11.3 Å². The molecule has 2 heterocycles. The summed E-state index contributed by atoms with van der Waals surface area (Å²) in [4.78, 5) is 29.6. The number of hydrogen-bond acceptors (Lipinski definition) is 5. The number of aromatic nitrogens is 2. The second kappa shape index (κ2) is 8.55. The van der Waals surface area contributed by atoms with Crippen molar-refractivity contribution in [3.8, 4) is 11.4 Å². The molecule has 27 heavy (non-hydrogen) atoms. The van der Waals surface area contributed by atoms with Gasteiger partial charge in [-0.05, 0) is 29.2 Å². The number of anilines is 1. The van der Waals surface area contributed by atoms with Crippen molar-refractivity contribution in [3.05, 3.63) is 65.2 Å². The van der Waals surface area contributed by atoms with Gasteiger partial charge in [0.1, 0.15) is 10.6 Å². The zero-order valence-electron chi connectivity index (χ0n) is 15.1. The highest BCUT2D eigenvalue weighted by Crippen LogP contribution is 2.32. The molecule has 1 aromatic carbocycles. The molecular formula is C20H20N4O2S. The number of carbonyl (C=O) groups excluding carboxylic acids is 2. The van der Waals surface area contributed by atoms with Gasteiger partial charge in [0.25, 0.3) is 5.91 Å². The van der Waals surface area contributed by atoms with Crippen LogP contribution in [0.1, 0.15) is 29.1 Å². The van der Waals surface area contributed by atoms with E-state index in [1.807, 2.05) is 36.4 Å². The first-order valence-electron chi connectivity index (χ1n) is 8.60. The summed E-state index contributed by atoms with van der Waals surface area (Å²) in [6.45, 7) is 3.99. The van der Waals surface area contributed by atoms with Crippen LogP contribution >= 0.6 is 11.5 Å². The molecule has 2 N–H and O–H groups in total. The number of carbonyl (C=O) groups is 2. The fourth-order valence-corrected chi connectivity index (χ4v) is 3.13. The van der Waals surface area contributed by atoms with Gasteiger partial charge in [0.15, 0.2) is 0 Å². The highest BCUT2D eigenvalue weighted by Gasteiger charge is 2.23. The third kappa shape index (κ3) is 4.57. The van der Waals surface area contributed by atoms with E-state index < -0.39 is 0 Å². The Morgan fingerprint density at radius 2 is 1.81 bits per heavy atom. The summed E-state index contributed by atoms with van der Waals surface area (Å²) in [7, 11) is 0. The quantitative estimate of drug-likeness (QED) is 0.682. The van der Waals surface area contributed by atoms with E-state index in [-0.39, 0.29) is 17.7 Å². The zero-order chi connectivity index (χ0) is 19.2. The lowest BCUT2D eigenvalue weighted by Gasteiger charge is -2.10. The van der Waals surface area contributed by atoms with Crippen LogP contribution in [0.5, 0.6) is 0 Å². The van der Waals surface area contributed by atoms with Crippen molar-refractivity contribution in [1.82, 2.24) is 14.7 Å². The van der Waals surface area contributed by atoms with Crippen LogP contribution in [0.2, 0.25) is 0 Å². The van der Waals surface area contributed by atoms with Gasteiger partial charge in [0.05, 0.1) is 11.4 Å². The predicted molar refractivity (Wildman–Crippen MR) is 106 cm³/mol. The second-order valence-corrected chi connectivity index (χ2v) is 7.04. The molecule has 3 aromatic rings. The van der Waals surface area contributed by atoms with Crippen LogP contribution < -0.4 is 10.6 Å². The minimum absolute atomic E-state index is 0.176. The third-order valence-electron chi connectivity index (χ3n) is 3.87. The smallest absolute Gasteiger partial charge is 0.265 e. The normalized spacial score (nSPS) is 10.6. The van der Waals surface area contributed by atoms with E-state index >= 15 is 0 Å². The summed E-state index contributed by atoms with van der Waals surface area (Å²) in [6.07, 6.45) is 1.65. The van der Waals surface area contributed by atoms with Gasteiger partial charge in [0.2, 0.25) is 5.91 Å². The van der Waals surface area contributed by atoms with Gasteiger partial charge in [-0.3, -0.25) is 14.6 Å². The number of benzene rings is 1. The van der Waals surface area contributed by atoms with Crippen LogP contribution in [0.3, 0.4) is 0 Å². The summed E-state index contributed by atoms with van der Waals surface area (Å²) >= 11 is 1.05. The largest absolute Gasteiger partial charge is 0.347 e. The van der Waals surface area contributed by atoms with Gasteiger partial charge >= 0.3 is 0 Å². The summed E-state index contributed by atoms with van der Waals surface area (Å²) < 4.78 is 4.38. The van der Waals surface area contributed by atoms with E-state index in [4.69, 9.17) is 0 Å². The van der Waals surface area contributed by atoms with Crippen LogP contribution in [0, 0.1) is 5.92 Å². The summed E-state index contributed by atoms with van der Waals surface area (Å²) in [5.74, 6) is -0.677. The monoisotopic (exact) mass is 380 g/mol. The average molecular weight is 380 g/mol. The molecule has 138 valence electrons. The summed E-state index contributed by atoms with van der Waals surface area (Å²) in [5, 5.41) is 5.73. The first-order valence-corrected chi connectivity index (χ1v) is 9.37. The minimum Gasteiger partial charge on any atom is -0.347 e. The van der Waals surface area contributed by atoms with Gasteiger partial charge in [-0.2, -0.15) is 4.37 Å². The number of nitrogens with zero attached hydrogens (tertiary/aromatic N) is 2. The van der Waals surface area contributed by atoms with Crippen LogP contribution in [0.4, 0.5) is 5.69 Å². The standard InChI is InChI=1S/C20H20N4O2S/c1-13(2)19(25)23-17-16(15-10-6-7-11-21-15)24-27-18(17)20(26)22-12-14-8-4-3-5-9-14/h3-11,13H,12H2,1-2H3,(H,22,26)(H,23,25). The predicted octanol–water partition coefficient (Wildman–Crippen LogP) is 3.73.